The molecule has 1 aromatic rings. The molecule has 2 N–H and O–H groups in total. The Balaban J connectivity index is 2.33. The van der Waals surface area contributed by atoms with E-state index in [4.69, 9.17) is 4.42 Å². The second-order valence-corrected chi connectivity index (χ2v) is 5.58. The predicted molar refractivity (Wildman–Crippen MR) is 68.6 cm³/mol. The van der Waals surface area contributed by atoms with Crippen molar-refractivity contribution in [2.45, 2.75) is 38.1 Å². The Hall–Kier alpha value is -0.450. The first-order valence-electron chi connectivity index (χ1n) is 5.54. The molecule has 0 aliphatic heterocycles. The largest absolute Gasteiger partial charge is 0.468 e. The van der Waals surface area contributed by atoms with Gasteiger partial charge in [0.1, 0.15) is 5.76 Å². The summed E-state index contributed by atoms with van der Waals surface area (Å²) in [6.07, 6.45) is 1.69. The molecular formula is C12H21NO2S. The first-order valence-corrected chi connectivity index (χ1v) is 6.70. The topological polar surface area (TPSA) is 45.4 Å². The maximum Gasteiger partial charge on any atom is 0.113 e. The highest BCUT2D eigenvalue weighted by Gasteiger charge is 2.23. The third kappa shape index (κ3) is 4.60. The first kappa shape index (κ1) is 13.6. The molecule has 0 aliphatic carbocycles. The van der Waals surface area contributed by atoms with Crippen molar-refractivity contribution in [3.63, 3.8) is 0 Å². The molecule has 0 spiro atoms. The summed E-state index contributed by atoms with van der Waals surface area (Å²) in [5, 5.41) is 12.8. The molecule has 0 fully saturated rings. The van der Waals surface area contributed by atoms with Crippen LogP contribution in [0.5, 0.6) is 0 Å². The molecule has 0 amide bonds. The molecular weight excluding hydrogens is 222 g/mol. The summed E-state index contributed by atoms with van der Waals surface area (Å²) < 4.78 is 5.26. The van der Waals surface area contributed by atoms with Crippen LogP contribution in [0.1, 0.15) is 26.5 Å². The van der Waals surface area contributed by atoms with Crippen molar-refractivity contribution in [3.05, 3.63) is 24.2 Å². The van der Waals surface area contributed by atoms with Gasteiger partial charge in [0.25, 0.3) is 0 Å². The highest BCUT2D eigenvalue weighted by Crippen LogP contribution is 2.18. The SMILES string of the molecule is CC(C)NC(C)(CO)CSCc1ccco1. The molecule has 1 heterocycles. The number of nitrogens with one attached hydrogen (secondary N) is 1. The summed E-state index contributed by atoms with van der Waals surface area (Å²) in [7, 11) is 0. The van der Waals surface area contributed by atoms with E-state index in [9.17, 15) is 5.11 Å². The molecule has 0 radical (unpaired) electrons. The smallest absolute Gasteiger partial charge is 0.113 e. The summed E-state index contributed by atoms with van der Waals surface area (Å²) in [5.74, 6) is 2.69. The van der Waals surface area contributed by atoms with Crippen molar-refractivity contribution in [1.29, 1.82) is 0 Å². The van der Waals surface area contributed by atoms with Crippen LogP contribution in [0.2, 0.25) is 0 Å². The summed E-state index contributed by atoms with van der Waals surface area (Å²) in [5.41, 5.74) is -0.217. The number of rotatable bonds is 7. The third-order valence-electron chi connectivity index (χ3n) is 2.23. The molecule has 0 aliphatic rings. The zero-order chi connectivity index (χ0) is 12.0. The molecule has 0 aromatic carbocycles. The standard InChI is InChI=1S/C12H21NO2S/c1-10(2)13-12(3,8-14)9-16-7-11-5-4-6-15-11/h4-6,10,13-14H,7-9H2,1-3H3. The fraction of sp³-hybridized carbons (Fsp3) is 0.667. The molecule has 1 aromatic heterocycles. The lowest BCUT2D eigenvalue weighted by Gasteiger charge is -2.30. The predicted octanol–water partition coefficient (Wildman–Crippen LogP) is 2.26. The number of hydrogen-bond donors (Lipinski definition) is 2. The molecule has 1 atom stereocenters. The molecule has 1 unspecified atom stereocenters. The van der Waals surface area contributed by atoms with E-state index < -0.39 is 0 Å². The van der Waals surface area contributed by atoms with Crippen molar-refractivity contribution < 1.29 is 9.52 Å². The number of thioether (sulfide) groups is 1. The maximum atomic E-state index is 9.39. The zero-order valence-corrected chi connectivity index (χ0v) is 11.0. The van der Waals surface area contributed by atoms with Crippen molar-refractivity contribution in [2.75, 3.05) is 12.4 Å². The summed E-state index contributed by atoms with van der Waals surface area (Å²) in [6.45, 7) is 6.37. The van der Waals surface area contributed by atoms with Crippen LogP contribution >= 0.6 is 11.8 Å². The van der Waals surface area contributed by atoms with Crippen LogP contribution in [0.15, 0.2) is 22.8 Å². The summed E-state index contributed by atoms with van der Waals surface area (Å²) >= 11 is 1.77. The highest BCUT2D eigenvalue weighted by molar-refractivity contribution is 7.98. The van der Waals surface area contributed by atoms with Crippen LogP contribution in [0.4, 0.5) is 0 Å². The van der Waals surface area contributed by atoms with E-state index in [-0.39, 0.29) is 12.1 Å². The van der Waals surface area contributed by atoms with E-state index in [0.29, 0.717) is 6.04 Å². The fourth-order valence-electron chi connectivity index (χ4n) is 1.60. The van der Waals surface area contributed by atoms with Gasteiger partial charge in [-0.3, -0.25) is 0 Å². The number of furan rings is 1. The van der Waals surface area contributed by atoms with Gasteiger partial charge in [0.2, 0.25) is 0 Å². The van der Waals surface area contributed by atoms with Gasteiger partial charge in [0.15, 0.2) is 0 Å². The Bertz CT molecular complexity index is 287. The van der Waals surface area contributed by atoms with E-state index in [1.807, 2.05) is 19.1 Å². The molecule has 0 saturated carbocycles. The van der Waals surface area contributed by atoms with Gasteiger partial charge in [0, 0.05) is 17.3 Å². The van der Waals surface area contributed by atoms with Crippen LogP contribution < -0.4 is 5.32 Å². The quantitative estimate of drug-likeness (QED) is 0.771. The van der Waals surface area contributed by atoms with Gasteiger partial charge in [-0.05, 0) is 19.1 Å². The number of aliphatic hydroxyl groups excluding tert-OH is 1. The van der Waals surface area contributed by atoms with Crippen LogP contribution in [0.3, 0.4) is 0 Å². The van der Waals surface area contributed by atoms with Crippen molar-refractivity contribution in [2.24, 2.45) is 0 Å². The monoisotopic (exact) mass is 243 g/mol. The van der Waals surface area contributed by atoms with Gasteiger partial charge >= 0.3 is 0 Å². The van der Waals surface area contributed by atoms with E-state index >= 15 is 0 Å². The van der Waals surface area contributed by atoms with Crippen molar-refractivity contribution in [3.8, 4) is 0 Å². The average Bonchev–Trinajstić information content (AvgIpc) is 2.69. The van der Waals surface area contributed by atoms with Crippen LogP contribution in [0.25, 0.3) is 0 Å². The van der Waals surface area contributed by atoms with Gasteiger partial charge < -0.3 is 14.8 Å². The highest BCUT2D eigenvalue weighted by atomic mass is 32.2. The van der Waals surface area contributed by atoms with Gasteiger partial charge in [-0.25, -0.2) is 0 Å². The molecule has 92 valence electrons. The molecule has 0 bridgehead atoms. The molecule has 1 rings (SSSR count). The van der Waals surface area contributed by atoms with Gasteiger partial charge in [-0.2, -0.15) is 11.8 Å². The first-order chi connectivity index (χ1) is 7.56. The third-order valence-corrected chi connectivity index (χ3v) is 3.56. The second kappa shape index (κ2) is 6.33. The van der Waals surface area contributed by atoms with Crippen LogP contribution in [-0.2, 0) is 5.75 Å². The lowest BCUT2D eigenvalue weighted by atomic mass is 10.1. The average molecular weight is 243 g/mol. The van der Waals surface area contributed by atoms with Crippen molar-refractivity contribution >= 4 is 11.8 Å². The fourth-order valence-corrected chi connectivity index (χ4v) is 2.69. The lowest BCUT2D eigenvalue weighted by Crippen LogP contribution is -2.51. The Kier molecular flexibility index (Phi) is 5.38. The van der Waals surface area contributed by atoms with Gasteiger partial charge in [-0.15, -0.1) is 0 Å². The van der Waals surface area contributed by atoms with E-state index in [0.717, 1.165) is 17.3 Å². The lowest BCUT2D eigenvalue weighted by molar-refractivity contribution is 0.183. The number of aliphatic hydroxyl groups is 1. The van der Waals surface area contributed by atoms with E-state index in [2.05, 4.69) is 19.2 Å². The van der Waals surface area contributed by atoms with Crippen molar-refractivity contribution in [1.82, 2.24) is 5.32 Å². The van der Waals surface area contributed by atoms with E-state index in [1.54, 1.807) is 18.0 Å². The Morgan fingerprint density at radius 3 is 2.81 bits per heavy atom. The minimum atomic E-state index is -0.217. The Morgan fingerprint density at radius 1 is 1.56 bits per heavy atom. The van der Waals surface area contributed by atoms with Gasteiger partial charge in [-0.1, -0.05) is 13.8 Å². The molecule has 16 heavy (non-hydrogen) atoms. The summed E-state index contributed by atoms with van der Waals surface area (Å²) in [6, 6.07) is 4.24. The van der Waals surface area contributed by atoms with E-state index in [1.165, 1.54) is 0 Å². The Labute approximate surface area is 102 Å². The minimum Gasteiger partial charge on any atom is -0.468 e. The van der Waals surface area contributed by atoms with Crippen LogP contribution in [-0.4, -0.2) is 29.0 Å². The van der Waals surface area contributed by atoms with Gasteiger partial charge in [0.05, 0.1) is 18.6 Å². The summed E-state index contributed by atoms with van der Waals surface area (Å²) in [4.78, 5) is 0. The molecule has 4 heteroatoms. The maximum absolute atomic E-state index is 9.39. The minimum absolute atomic E-state index is 0.149. The normalized spacial score (nSPS) is 15.3. The second-order valence-electron chi connectivity index (χ2n) is 4.59. The number of hydrogen-bond acceptors (Lipinski definition) is 4. The molecule has 0 saturated heterocycles. The van der Waals surface area contributed by atoms with Crippen LogP contribution in [0, 0.1) is 0 Å². The molecule has 3 nitrogen and oxygen atoms in total. The Morgan fingerprint density at radius 2 is 2.31 bits per heavy atom. The zero-order valence-electron chi connectivity index (χ0n) is 10.2.